The molecule has 0 radical (unpaired) electrons. The molecule has 2 atom stereocenters. The number of rotatable bonds is 13. The number of carbonyl (C=O) groups excluding carboxylic acids is 1. The number of methoxy groups -OCH3 is 1. The summed E-state index contributed by atoms with van der Waals surface area (Å²) in [7, 11) is 1.64. The maximum atomic E-state index is 13.8. The van der Waals surface area contributed by atoms with Crippen molar-refractivity contribution in [3.05, 3.63) is 48.0 Å². The first-order chi connectivity index (χ1) is 19.4. The number of aliphatic carboxylic acids is 1. The molecule has 40 heavy (non-hydrogen) atoms. The van der Waals surface area contributed by atoms with E-state index in [1.165, 1.54) is 24.2 Å². The number of hydrogen-bond acceptors (Lipinski definition) is 7. The van der Waals surface area contributed by atoms with Gasteiger partial charge in [-0.1, -0.05) is 49.9 Å². The van der Waals surface area contributed by atoms with Gasteiger partial charge in [0.05, 0.1) is 18.7 Å². The third-order valence-corrected chi connectivity index (χ3v) is 8.52. The molecule has 2 fully saturated rings. The summed E-state index contributed by atoms with van der Waals surface area (Å²) < 4.78 is 10.9. The Morgan fingerprint density at radius 2 is 1.85 bits per heavy atom. The van der Waals surface area contributed by atoms with Crippen LogP contribution in [0.2, 0.25) is 0 Å². The third-order valence-electron chi connectivity index (χ3n) is 7.68. The number of carbonyl (C=O) groups is 2. The predicted octanol–water partition coefficient (Wildman–Crippen LogP) is 6.45. The third kappa shape index (κ3) is 6.88. The molecule has 2 saturated carbocycles. The molecule has 5 rings (SSSR count). The normalized spacial score (nSPS) is 16.9. The molecule has 2 aliphatic rings. The monoisotopic (exact) mass is 563 g/mol. The van der Waals surface area contributed by atoms with Crippen molar-refractivity contribution in [1.82, 2.24) is 9.97 Å². The van der Waals surface area contributed by atoms with Crippen molar-refractivity contribution in [3.63, 3.8) is 0 Å². The standard InChI is InChI=1S/C31H37N3O5S/c1-20(18-38-2)39-28-14-11-22(17-32-28)25-9-5-6-10-26(25)27-19-40-31(33-27)34(24-12-13-24)30(37)23(16-29(35)36)15-21-7-3-4-8-21/h5-6,9-11,14,17,19-21,23-24H,3-4,7-8,12-13,15-16,18H2,1-2H3,(H,35,36)/t20-,23?/m1/s1. The van der Waals surface area contributed by atoms with Gasteiger partial charge in [0.15, 0.2) is 5.13 Å². The second kappa shape index (κ2) is 12.9. The fourth-order valence-electron chi connectivity index (χ4n) is 5.63. The van der Waals surface area contributed by atoms with Crippen LogP contribution in [0.25, 0.3) is 22.4 Å². The van der Waals surface area contributed by atoms with Gasteiger partial charge in [-0.25, -0.2) is 9.97 Å². The first-order valence-corrected chi connectivity index (χ1v) is 15.0. The van der Waals surface area contributed by atoms with Gasteiger partial charge in [-0.3, -0.25) is 14.5 Å². The van der Waals surface area contributed by atoms with E-state index in [-0.39, 0.29) is 24.5 Å². The molecular weight excluding hydrogens is 526 g/mol. The Hall–Kier alpha value is -3.30. The molecule has 3 aromatic rings. The number of hydrogen-bond donors (Lipinski definition) is 1. The van der Waals surface area contributed by atoms with Gasteiger partial charge in [-0.2, -0.15) is 0 Å². The number of aromatic nitrogens is 2. The fraction of sp³-hybridized carbons (Fsp3) is 0.484. The van der Waals surface area contributed by atoms with Gasteiger partial charge in [0.2, 0.25) is 11.8 Å². The maximum Gasteiger partial charge on any atom is 0.304 e. The minimum absolute atomic E-state index is 0.0894. The highest BCUT2D eigenvalue weighted by Crippen LogP contribution is 2.40. The van der Waals surface area contributed by atoms with Crippen LogP contribution in [0.1, 0.15) is 58.3 Å². The summed E-state index contributed by atoms with van der Waals surface area (Å²) >= 11 is 1.45. The average molecular weight is 564 g/mol. The number of ether oxygens (including phenoxy) is 2. The van der Waals surface area contributed by atoms with Crippen LogP contribution in [0, 0.1) is 11.8 Å². The summed E-state index contributed by atoms with van der Waals surface area (Å²) in [5.74, 6) is -0.553. The van der Waals surface area contributed by atoms with E-state index in [9.17, 15) is 14.7 Å². The zero-order chi connectivity index (χ0) is 28.1. The summed E-state index contributed by atoms with van der Waals surface area (Å²) in [5.41, 5.74) is 3.65. The maximum absolute atomic E-state index is 13.8. The highest BCUT2D eigenvalue weighted by atomic mass is 32.1. The molecule has 0 aliphatic heterocycles. The fourth-order valence-corrected chi connectivity index (χ4v) is 6.53. The lowest BCUT2D eigenvalue weighted by Crippen LogP contribution is -2.39. The molecule has 2 aromatic heterocycles. The number of thiazole rings is 1. The molecule has 9 heteroatoms. The average Bonchev–Trinajstić information content (AvgIpc) is 3.41. The molecule has 2 heterocycles. The van der Waals surface area contributed by atoms with E-state index < -0.39 is 11.9 Å². The molecule has 0 spiro atoms. The molecule has 1 N–H and O–H groups in total. The van der Waals surface area contributed by atoms with Gasteiger partial charge < -0.3 is 14.6 Å². The number of carboxylic acid groups (broad SMARTS) is 1. The van der Waals surface area contributed by atoms with Gasteiger partial charge in [0.25, 0.3) is 0 Å². The van der Waals surface area contributed by atoms with E-state index in [0.29, 0.717) is 30.0 Å². The molecule has 212 valence electrons. The largest absolute Gasteiger partial charge is 0.481 e. The Kier molecular flexibility index (Phi) is 9.11. The minimum Gasteiger partial charge on any atom is -0.481 e. The number of amides is 1. The summed E-state index contributed by atoms with van der Waals surface area (Å²) in [5, 5.41) is 12.2. The number of anilines is 1. The second-order valence-electron chi connectivity index (χ2n) is 11.0. The molecule has 8 nitrogen and oxygen atoms in total. The summed E-state index contributed by atoms with van der Waals surface area (Å²) in [6, 6.07) is 11.9. The zero-order valence-electron chi connectivity index (χ0n) is 23.1. The lowest BCUT2D eigenvalue weighted by Gasteiger charge is -2.26. The van der Waals surface area contributed by atoms with E-state index in [0.717, 1.165) is 48.1 Å². The van der Waals surface area contributed by atoms with Crippen molar-refractivity contribution >= 4 is 28.3 Å². The molecular formula is C31H37N3O5S. The molecule has 1 amide bonds. The van der Waals surface area contributed by atoms with Crippen molar-refractivity contribution in [2.45, 2.75) is 70.4 Å². The van der Waals surface area contributed by atoms with Crippen molar-refractivity contribution < 1.29 is 24.2 Å². The summed E-state index contributed by atoms with van der Waals surface area (Å²) in [6.45, 7) is 2.42. The molecule has 1 unspecified atom stereocenters. The van der Waals surface area contributed by atoms with Crippen LogP contribution < -0.4 is 9.64 Å². The van der Waals surface area contributed by atoms with Crippen LogP contribution >= 0.6 is 11.3 Å². The van der Waals surface area contributed by atoms with E-state index in [4.69, 9.17) is 14.5 Å². The molecule has 0 saturated heterocycles. The van der Waals surface area contributed by atoms with Gasteiger partial charge in [-0.15, -0.1) is 11.3 Å². The highest BCUT2D eigenvalue weighted by molar-refractivity contribution is 7.14. The van der Waals surface area contributed by atoms with Crippen LogP contribution in [0.5, 0.6) is 5.88 Å². The second-order valence-corrected chi connectivity index (χ2v) is 11.8. The molecule has 0 bridgehead atoms. The Morgan fingerprint density at radius 1 is 1.10 bits per heavy atom. The summed E-state index contributed by atoms with van der Waals surface area (Å²) in [4.78, 5) is 36.8. The topological polar surface area (TPSA) is 102 Å². The van der Waals surface area contributed by atoms with Crippen LogP contribution in [0.4, 0.5) is 5.13 Å². The lowest BCUT2D eigenvalue weighted by atomic mass is 9.90. The summed E-state index contributed by atoms with van der Waals surface area (Å²) in [6.07, 6.45) is 8.54. The van der Waals surface area contributed by atoms with Crippen molar-refractivity contribution in [2.75, 3.05) is 18.6 Å². The lowest BCUT2D eigenvalue weighted by molar-refractivity contribution is -0.141. The highest BCUT2D eigenvalue weighted by Gasteiger charge is 2.40. The van der Waals surface area contributed by atoms with E-state index in [1.54, 1.807) is 18.2 Å². The van der Waals surface area contributed by atoms with Gasteiger partial charge in [0, 0.05) is 47.8 Å². The first-order valence-electron chi connectivity index (χ1n) is 14.1. The van der Waals surface area contributed by atoms with Crippen LogP contribution in [0.3, 0.4) is 0 Å². The Morgan fingerprint density at radius 3 is 2.50 bits per heavy atom. The number of benzene rings is 1. The number of carboxylic acids is 1. The van der Waals surface area contributed by atoms with Crippen LogP contribution in [0.15, 0.2) is 48.0 Å². The van der Waals surface area contributed by atoms with E-state index in [1.807, 2.05) is 48.7 Å². The van der Waals surface area contributed by atoms with Crippen LogP contribution in [-0.2, 0) is 14.3 Å². The smallest absolute Gasteiger partial charge is 0.304 e. The number of pyridine rings is 1. The van der Waals surface area contributed by atoms with Gasteiger partial charge in [-0.05, 0) is 43.7 Å². The quantitative estimate of drug-likeness (QED) is 0.255. The molecule has 2 aliphatic carbocycles. The van der Waals surface area contributed by atoms with E-state index in [2.05, 4.69) is 4.98 Å². The number of nitrogens with zero attached hydrogens (tertiary/aromatic N) is 3. The van der Waals surface area contributed by atoms with Crippen molar-refractivity contribution in [3.8, 4) is 28.3 Å². The van der Waals surface area contributed by atoms with Gasteiger partial charge in [0.1, 0.15) is 6.10 Å². The SMILES string of the molecule is COC[C@@H](C)Oc1ccc(-c2ccccc2-c2csc(N(C(=O)C(CC(=O)O)CC3CCCC3)C3CC3)n2)cn1. The Labute approximate surface area is 239 Å². The predicted molar refractivity (Wildman–Crippen MR) is 156 cm³/mol. The van der Waals surface area contributed by atoms with Gasteiger partial charge >= 0.3 is 5.97 Å². The zero-order valence-corrected chi connectivity index (χ0v) is 23.9. The van der Waals surface area contributed by atoms with Crippen molar-refractivity contribution in [2.24, 2.45) is 11.8 Å². The van der Waals surface area contributed by atoms with Crippen molar-refractivity contribution in [1.29, 1.82) is 0 Å². The Balaban J connectivity index is 1.38. The van der Waals surface area contributed by atoms with E-state index >= 15 is 0 Å². The molecule has 1 aromatic carbocycles. The first kappa shape index (κ1) is 28.2. The Bertz CT molecular complexity index is 1300. The van der Waals surface area contributed by atoms with Crippen LogP contribution in [-0.4, -0.2) is 52.8 Å². The minimum atomic E-state index is -0.918.